The average Bonchev–Trinajstić information content (AvgIpc) is 2.79. The first-order valence-electron chi connectivity index (χ1n) is 8.28. The second kappa shape index (κ2) is 7.67. The van der Waals surface area contributed by atoms with Gasteiger partial charge in [0.05, 0.1) is 6.20 Å². The quantitative estimate of drug-likeness (QED) is 0.811. The van der Waals surface area contributed by atoms with Crippen LogP contribution in [-0.2, 0) is 0 Å². The number of likely N-dealkylation sites (N-methyl/N-ethyl adjacent to an activating group) is 1. The molecule has 0 saturated carbocycles. The highest BCUT2D eigenvalue weighted by atomic mass is 32.1. The van der Waals surface area contributed by atoms with Crippen LogP contribution in [0.1, 0.15) is 13.3 Å². The fourth-order valence-corrected chi connectivity index (χ4v) is 2.97. The van der Waals surface area contributed by atoms with Crippen LogP contribution in [0.25, 0.3) is 11.2 Å². The van der Waals surface area contributed by atoms with Crippen LogP contribution in [0.2, 0.25) is 0 Å². The molecule has 1 saturated heterocycles. The summed E-state index contributed by atoms with van der Waals surface area (Å²) < 4.78 is 0. The molecular formula is C16H23N7S. The van der Waals surface area contributed by atoms with E-state index < -0.39 is 0 Å². The molecule has 0 aliphatic carbocycles. The maximum absolute atomic E-state index is 5.19. The number of thiocarbonyl (C=S) groups is 1. The Bertz CT molecular complexity index is 721. The molecule has 2 N–H and O–H groups in total. The Hall–Kier alpha value is -2.06. The molecule has 0 spiro atoms. The molecule has 128 valence electrons. The zero-order valence-electron chi connectivity index (χ0n) is 14.1. The van der Waals surface area contributed by atoms with Gasteiger partial charge >= 0.3 is 0 Å². The van der Waals surface area contributed by atoms with Crippen molar-refractivity contribution < 1.29 is 0 Å². The van der Waals surface area contributed by atoms with Crippen molar-refractivity contribution in [2.24, 2.45) is 0 Å². The van der Waals surface area contributed by atoms with Crippen molar-refractivity contribution in [2.75, 3.05) is 50.0 Å². The van der Waals surface area contributed by atoms with E-state index in [1.54, 1.807) is 6.20 Å². The third kappa shape index (κ3) is 4.07. The lowest BCUT2D eigenvalue weighted by Crippen LogP contribution is -2.29. The third-order valence-electron chi connectivity index (χ3n) is 4.01. The van der Waals surface area contributed by atoms with E-state index in [1.165, 1.54) is 0 Å². The van der Waals surface area contributed by atoms with Gasteiger partial charge in [-0.1, -0.05) is 0 Å². The number of fused-ring (bicyclic) bond motifs is 1. The first kappa shape index (κ1) is 16.8. The van der Waals surface area contributed by atoms with Crippen molar-refractivity contribution in [3.63, 3.8) is 0 Å². The Morgan fingerprint density at radius 2 is 2.08 bits per heavy atom. The van der Waals surface area contributed by atoms with Gasteiger partial charge in [-0.3, -0.25) is 0 Å². The minimum Gasteiger partial charge on any atom is -0.363 e. The van der Waals surface area contributed by atoms with Gasteiger partial charge in [0.1, 0.15) is 11.3 Å². The van der Waals surface area contributed by atoms with Crippen molar-refractivity contribution in [1.82, 2.24) is 25.2 Å². The van der Waals surface area contributed by atoms with E-state index in [9.17, 15) is 0 Å². The summed E-state index contributed by atoms with van der Waals surface area (Å²) in [6.07, 6.45) is 2.81. The fourth-order valence-electron chi connectivity index (χ4n) is 2.72. The average molecular weight is 345 g/mol. The van der Waals surface area contributed by atoms with E-state index in [-0.39, 0.29) is 0 Å². The van der Waals surface area contributed by atoms with Gasteiger partial charge in [-0.05, 0) is 51.3 Å². The SMILES string of the molecule is CCNC(=S)Nc1cnc2ccc(N3CCCN(C)CC3)nc2n1. The van der Waals surface area contributed by atoms with Crippen molar-refractivity contribution >= 4 is 40.1 Å². The second-order valence-corrected chi connectivity index (χ2v) is 6.30. The largest absolute Gasteiger partial charge is 0.363 e. The number of aromatic nitrogens is 3. The van der Waals surface area contributed by atoms with E-state index in [4.69, 9.17) is 17.2 Å². The van der Waals surface area contributed by atoms with Gasteiger partial charge in [0.25, 0.3) is 0 Å². The molecule has 0 aromatic carbocycles. The monoisotopic (exact) mass is 345 g/mol. The van der Waals surface area contributed by atoms with Crippen LogP contribution >= 0.6 is 12.2 Å². The topological polar surface area (TPSA) is 69.2 Å². The number of nitrogens with one attached hydrogen (secondary N) is 2. The van der Waals surface area contributed by atoms with Gasteiger partial charge in [0, 0.05) is 26.2 Å². The van der Waals surface area contributed by atoms with Gasteiger partial charge in [-0.2, -0.15) is 0 Å². The van der Waals surface area contributed by atoms with E-state index in [0.29, 0.717) is 16.6 Å². The molecule has 2 aromatic heterocycles. The number of anilines is 2. The summed E-state index contributed by atoms with van der Waals surface area (Å²) in [4.78, 5) is 18.3. The zero-order valence-corrected chi connectivity index (χ0v) is 14.9. The Labute approximate surface area is 147 Å². The molecule has 7 nitrogen and oxygen atoms in total. The van der Waals surface area contributed by atoms with Crippen molar-refractivity contribution in [2.45, 2.75) is 13.3 Å². The van der Waals surface area contributed by atoms with E-state index in [0.717, 1.165) is 50.5 Å². The van der Waals surface area contributed by atoms with E-state index >= 15 is 0 Å². The lowest BCUT2D eigenvalue weighted by Gasteiger charge is -2.21. The highest BCUT2D eigenvalue weighted by Crippen LogP contribution is 2.18. The van der Waals surface area contributed by atoms with Gasteiger partial charge in [-0.15, -0.1) is 0 Å². The Morgan fingerprint density at radius 3 is 2.92 bits per heavy atom. The molecule has 0 unspecified atom stereocenters. The first-order chi connectivity index (χ1) is 11.7. The highest BCUT2D eigenvalue weighted by molar-refractivity contribution is 7.80. The summed E-state index contributed by atoms with van der Waals surface area (Å²) in [6.45, 7) is 6.92. The highest BCUT2D eigenvalue weighted by Gasteiger charge is 2.14. The molecule has 0 radical (unpaired) electrons. The van der Waals surface area contributed by atoms with Gasteiger partial charge in [-0.25, -0.2) is 15.0 Å². The lowest BCUT2D eigenvalue weighted by atomic mass is 10.3. The van der Waals surface area contributed by atoms with Gasteiger partial charge in [0.2, 0.25) is 0 Å². The van der Waals surface area contributed by atoms with Crippen LogP contribution in [0.3, 0.4) is 0 Å². The summed E-state index contributed by atoms with van der Waals surface area (Å²) in [6, 6.07) is 4.00. The van der Waals surface area contributed by atoms with E-state index in [2.05, 4.69) is 37.4 Å². The second-order valence-electron chi connectivity index (χ2n) is 5.90. The van der Waals surface area contributed by atoms with Crippen LogP contribution < -0.4 is 15.5 Å². The summed E-state index contributed by atoms with van der Waals surface area (Å²) in [7, 11) is 2.16. The summed E-state index contributed by atoms with van der Waals surface area (Å²) in [5, 5.41) is 6.61. The van der Waals surface area contributed by atoms with E-state index in [1.807, 2.05) is 19.1 Å². The fraction of sp³-hybridized carbons (Fsp3) is 0.500. The first-order valence-corrected chi connectivity index (χ1v) is 8.68. The lowest BCUT2D eigenvalue weighted by molar-refractivity contribution is 0.360. The maximum Gasteiger partial charge on any atom is 0.182 e. The molecule has 2 aromatic rings. The summed E-state index contributed by atoms with van der Waals surface area (Å²) in [5.41, 5.74) is 1.42. The number of pyridine rings is 1. The Kier molecular flexibility index (Phi) is 5.37. The molecule has 1 fully saturated rings. The number of hydrogen-bond acceptors (Lipinski definition) is 6. The zero-order chi connectivity index (χ0) is 16.9. The Balaban J connectivity index is 1.82. The molecule has 24 heavy (non-hydrogen) atoms. The van der Waals surface area contributed by atoms with Crippen LogP contribution in [-0.4, -0.2) is 64.7 Å². The standard InChI is InChI=1S/C16H23N7S/c1-3-17-16(24)20-13-11-18-12-5-6-14(21-15(12)19-13)23-8-4-7-22(2)9-10-23/h5-6,11H,3-4,7-10H2,1-2H3,(H2,17,19,20,21,24). The van der Waals surface area contributed by atoms with Crippen LogP contribution in [0.4, 0.5) is 11.6 Å². The van der Waals surface area contributed by atoms with Gasteiger partial charge < -0.3 is 20.4 Å². The predicted molar refractivity (Wildman–Crippen MR) is 102 cm³/mol. The summed E-state index contributed by atoms with van der Waals surface area (Å²) >= 11 is 5.19. The Morgan fingerprint density at radius 1 is 1.21 bits per heavy atom. The van der Waals surface area contributed by atoms with Crippen molar-refractivity contribution in [1.29, 1.82) is 0 Å². The van der Waals surface area contributed by atoms with Crippen molar-refractivity contribution in [3.05, 3.63) is 18.3 Å². The molecule has 3 rings (SSSR count). The molecule has 0 bridgehead atoms. The maximum atomic E-state index is 5.19. The molecule has 3 heterocycles. The summed E-state index contributed by atoms with van der Waals surface area (Å²) in [5.74, 6) is 1.56. The smallest absolute Gasteiger partial charge is 0.182 e. The van der Waals surface area contributed by atoms with Crippen LogP contribution in [0.5, 0.6) is 0 Å². The molecule has 1 aliphatic heterocycles. The number of nitrogens with zero attached hydrogens (tertiary/aromatic N) is 5. The minimum atomic E-state index is 0.540. The third-order valence-corrected chi connectivity index (χ3v) is 4.26. The molecule has 0 atom stereocenters. The molecule has 1 aliphatic rings. The molecular weight excluding hydrogens is 322 g/mol. The predicted octanol–water partition coefficient (Wildman–Crippen LogP) is 1.47. The minimum absolute atomic E-state index is 0.540. The van der Waals surface area contributed by atoms with Gasteiger partial charge in [0.15, 0.2) is 16.6 Å². The van der Waals surface area contributed by atoms with Crippen LogP contribution in [0, 0.1) is 0 Å². The van der Waals surface area contributed by atoms with Crippen molar-refractivity contribution in [3.8, 4) is 0 Å². The number of rotatable bonds is 3. The number of hydrogen-bond donors (Lipinski definition) is 2. The van der Waals surface area contributed by atoms with Crippen LogP contribution in [0.15, 0.2) is 18.3 Å². The molecule has 8 heteroatoms. The normalized spacial score (nSPS) is 16.0. The molecule has 0 amide bonds.